The maximum absolute atomic E-state index is 13.7. The Balaban J connectivity index is 1.84. The minimum absolute atomic E-state index is 0.0701. The number of likely N-dealkylation sites (N-methyl/N-ethyl adjacent to an activating group) is 1. The number of rotatable bonds is 12. The molecule has 0 saturated heterocycles. The zero-order chi connectivity index (χ0) is 27.7. The van der Waals surface area contributed by atoms with Crippen molar-refractivity contribution in [3.63, 3.8) is 0 Å². The quantitative estimate of drug-likeness (QED) is 0.354. The van der Waals surface area contributed by atoms with E-state index in [-0.39, 0.29) is 37.7 Å². The maximum atomic E-state index is 13.7. The first kappa shape index (κ1) is 29.2. The van der Waals surface area contributed by atoms with Crippen LogP contribution in [0, 0.1) is 6.92 Å². The van der Waals surface area contributed by atoms with E-state index in [1.165, 1.54) is 4.31 Å². The number of carbonyl (C=O) groups excluding carboxylic acids is 2. The van der Waals surface area contributed by atoms with Gasteiger partial charge in [0.05, 0.1) is 11.9 Å². The van der Waals surface area contributed by atoms with Gasteiger partial charge in [0.25, 0.3) is 0 Å². The second kappa shape index (κ2) is 13.4. The molecule has 0 aromatic heterocycles. The van der Waals surface area contributed by atoms with E-state index in [2.05, 4.69) is 5.32 Å². The summed E-state index contributed by atoms with van der Waals surface area (Å²) >= 11 is 6.08. The summed E-state index contributed by atoms with van der Waals surface area (Å²) in [7, 11) is -2.03. The summed E-state index contributed by atoms with van der Waals surface area (Å²) < 4.78 is 26.2. The van der Waals surface area contributed by atoms with Gasteiger partial charge in [0, 0.05) is 38.0 Å². The molecule has 0 aliphatic carbocycles. The van der Waals surface area contributed by atoms with Gasteiger partial charge in [0.1, 0.15) is 6.04 Å². The van der Waals surface area contributed by atoms with Gasteiger partial charge in [-0.3, -0.25) is 13.9 Å². The first-order valence-corrected chi connectivity index (χ1v) is 14.6. The van der Waals surface area contributed by atoms with E-state index in [9.17, 15) is 18.0 Å². The van der Waals surface area contributed by atoms with E-state index in [0.29, 0.717) is 17.1 Å². The number of nitrogens with zero attached hydrogens (tertiary/aromatic N) is 2. The van der Waals surface area contributed by atoms with Crippen molar-refractivity contribution in [3.8, 4) is 0 Å². The van der Waals surface area contributed by atoms with Crippen LogP contribution in [0.3, 0.4) is 0 Å². The highest BCUT2D eigenvalue weighted by atomic mass is 35.5. The van der Waals surface area contributed by atoms with Crippen LogP contribution in [-0.4, -0.2) is 51.0 Å². The van der Waals surface area contributed by atoms with Gasteiger partial charge < -0.3 is 10.2 Å². The lowest BCUT2D eigenvalue weighted by Crippen LogP contribution is -2.49. The number of sulfonamides is 1. The number of nitrogens with one attached hydrogen (secondary N) is 1. The van der Waals surface area contributed by atoms with E-state index in [1.807, 2.05) is 61.5 Å². The van der Waals surface area contributed by atoms with E-state index in [4.69, 9.17) is 11.6 Å². The summed E-state index contributed by atoms with van der Waals surface area (Å²) in [5.74, 6) is -0.484. The minimum atomic E-state index is -3.59. The molecule has 9 heteroatoms. The van der Waals surface area contributed by atoms with Crippen molar-refractivity contribution in [1.82, 2.24) is 10.2 Å². The Morgan fingerprint density at radius 3 is 2.26 bits per heavy atom. The molecule has 0 saturated carbocycles. The highest BCUT2D eigenvalue weighted by Crippen LogP contribution is 2.23. The third-order valence-corrected chi connectivity index (χ3v) is 7.63. The number of amides is 2. The molecule has 0 spiro atoms. The Hall–Kier alpha value is -3.36. The summed E-state index contributed by atoms with van der Waals surface area (Å²) in [6, 6.07) is 23.3. The maximum Gasteiger partial charge on any atom is 0.242 e. The highest BCUT2D eigenvalue weighted by Gasteiger charge is 2.30. The summed E-state index contributed by atoms with van der Waals surface area (Å²) in [4.78, 5) is 28.3. The Morgan fingerprint density at radius 1 is 0.947 bits per heavy atom. The number of carbonyl (C=O) groups is 2. The number of benzene rings is 3. The predicted molar refractivity (Wildman–Crippen MR) is 153 cm³/mol. The molecule has 202 valence electrons. The van der Waals surface area contributed by atoms with Crippen molar-refractivity contribution in [2.24, 2.45) is 0 Å². The summed E-state index contributed by atoms with van der Waals surface area (Å²) in [5.41, 5.74) is 3.35. The Bertz CT molecular complexity index is 1350. The molecule has 7 nitrogen and oxygen atoms in total. The van der Waals surface area contributed by atoms with Crippen molar-refractivity contribution in [3.05, 3.63) is 101 Å². The van der Waals surface area contributed by atoms with Gasteiger partial charge in [-0.2, -0.15) is 0 Å². The third kappa shape index (κ3) is 8.33. The van der Waals surface area contributed by atoms with Gasteiger partial charge in [-0.25, -0.2) is 8.42 Å². The summed E-state index contributed by atoms with van der Waals surface area (Å²) in [6.45, 7) is 2.34. The smallest absolute Gasteiger partial charge is 0.242 e. The molecule has 0 radical (unpaired) electrons. The number of halogens is 1. The van der Waals surface area contributed by atoms with Crippen LogP contribution >= 0.6 is 11.6 Å². The van der Waals surface area contributed by atoms with Gasteiger partial charge in [-0.15, -0.1) is 0 Å². The normalized spacial score (nSPS) is 12.0. The second-order valence-corrected chi connectivity index (χ2v) is 11.6. The van der Waals surface area contributed by atoms with Crippen LogP contribution in [0.5, 0.6) is 0 Å². The fourth-order valence-corrected chi connectivity index (χ4v) is 5.50. The van der Waals surface area contributed by atoms with Crippen LogP contribution in [0.1, 0.15) is 29.5 Å². The average molecular weight is 556 g/mol. The van der Waals surface area contributed by atoms with E-state index < -0.39 is 16.1 Å². The Labute approximate surface area is 230 Å². The number of hydrogen-bond donors (Lipinski definition) is 1. The van der Waals surface area contributed by atoms with Crippen LogP contribution < -0.4 is 9.62 Å². The summed E-state index contributed by atoms with van der Waals surface area (Å²) in [5, 5.41) is 3.13. The average Bonchev–Trinajstić information content (AvgIpc) is 2.88. The van der Waals surface area contributed by atoms with Crippen molar-refractivity contribution >= 4 is 39.1 Å². The van der Waals surface area contributed by atoms with E-state index >= 15 is 0 Å². The third-order valence-electron chi connectivity index (χ3n) is 6.20. The molecule has 3 aromatic carbocycles. The lowest BCUT2D eigenvalue weighted by atomic mass is 10.0. The van der Waals surface area contributed by atoms with Crippen molar-refractivity contribution in [2.75, 3.05) is 24.2 Å². The molecule has 38 heavy (non-hydrogen) atoms. The zero-order valence-corrected chi connectivity index (χ0v) is 23.5. The molecule has 3 aromatic rings. The zero-order valence-electron chi connectivity index (χ0n) is 21.9. The molecule has 2 amide bonds. The Kier molecular flexibility index (Phi) is 10.3. The molecular weight excluding hydrogens is 522 g/mol. The van der Waals surface area contributed by atoms with Gasteiger partial charge >= 0.3 is 0 Å². The van der Waals surface area contributed by atoms with Crippen molar-refractivity contribution in [2.45, 2.75) is 38.8 Å². The van der Waals surface area contributed by atoms with Gasteiger partial charge in [-0.1, -0.05) is 77.8 Å². The Morgan fingerprint density at radius 2 is 1.63 bits per heavy atom. The number of anilines is 1. The molecule has 0 fully saturated rings. The van der Waals surface area contributed by atoms with E-state index in [0.717, 1.165) is 22.9 Å². The van der Waals surface area contributed by atoms with Crippen LogP contribution in [-0.2, 0) is 32.6 Å². The SMILES string of the molecule is CNC(=O)C(Cc1ccccc1)N(Cc1cccc(C)c1)C(=O)CCCN(c1cccc(Cl)c1)S(C)(=O)=O. The second-order valence-electron chi connectivity index (χ2n) is 9.25. The highest BCUT2D eigenvalue weighted by molar-refractivity contribution is 7.92. The predicted octanol–water partition coefficient (Wildman–Crippen LogP) is 4.58. The summed E-state index contributed by atoms with van der Waals surface area (Å²) in [6.07, 6.45) is 1.83. The largest absolute Gasteiger partial charge is 0.357 e. The fraction of sp³-hybridized carbons (Fsp3) is 0.310. The van der Waals surface area contributed by atoms with Crippen molar-refractivity contribution in [1.29, 1.82) is 0 Å². The lowest BCUT2D eigenvalue weighted by Gasteiger charge is -2.31. The van der Waals surface area contributed by atoms with Crippen LogP contribution in [0.25, 0.3) is 0 Å². The topological polar surface area (TPSA) is 86.8 Å². The van der Waals surface area contributed by atoms with E-state index in [1.54, 1.807) is 36.2 Å². The molecular formula is C29H34ClN3O4S. The molecule has 1 unspecified atom stereocenters. The molecule has 0 aliphatic heterocycles. The van der Waals surface area contributed by atoms with Crippen LogP contribution in [0.15, 0.2) is 78.9 Å². The van der Waals surface area contributed by atoms with Gasteiger partial charge in [0.15, 0.2) is 0 Å². The van der Waals surface area contributed by atoms with Gasteiger partial charge in [-0.05, 0) is 42.7 Å². The number of hydrogen-bond acceptors (Lipinski definition) is 4. The number of aryl methyl sites for hydroxylation is 1. The van der Waals surface area contributed by atoms with Gasteiger partial charge in [0.2, 0.25) is 21.8 Å². The first-order chi connectivity index (χ1) is 18.1. The molecule has 3 rings (SSSR count). The van der Waals surface area contributed by atoms with Crippen LogP contribution in [0.2, 0.25) is 5.02 Å². The van der Waals surface area contributed by atoms with Crippen molar-refractivity contribution < 1.29 is 18.0 Å². The molecule has 0 aliphatic rings. The molecule has 0 heterocycles. The standard InChI is InChI=1S/C29H34ClN3O4S/c1-22-10-7-13-24(18-22)21-32(27(29(35)31-2)19-23-11-5-4-6-12-23)28(34)16-9-17-33(38(3,36)37)26-15-8-14-25(30)20-26/h4-8,10-15,18,20,27H,9,16-17,19,21H2,1-3H3,(H,31,35). The minimum Gasteiger partial charge on any atom is -0.357 e. The monoisotopic (exact) mass is 555 g/mol. The fourth-order valence-electron chi connectivity index (χ4n) is 4.36. The molecule has 0 bridgehead atoms. The first-order valence-electron chi connectivity index (χ1n) is 12.4. The van der Waals surface area contributed by atoms with Crippen LogP contribution in [0.4, 0.5) is 5.69 Å². The molecule has 1 atom stereocenters. The molecule has 1 N–H and O–H groups in total. The lowest BCUT2D eigenvalue weighted by molar-refractivity contribution is -0.141.